The number of benzene rings is 1. The standard InChI is InChI=1S/C26H33N3O5S/c1-18-10-11-21(19-6-3-2-4-7-19)22(16-18)34-26(13-14-26)25(31)28-35(32,33)24-9-5-8-23(27-24)29-15-12-20(30)17-29/h5,8-11,16,19-20,30H,2-4,6-7,12-15,17H2,1H3,(H,28,31)/t20-/m0/s1. The molecule has 188 valence electrons. The van der Waals surface area contributed by atoms with Crippen molar-refractivity contribution in [1.29, 1.82) is 0 Å². The topological polar surface area (TPSA) is 109 Å². The predicted molar refractivity (Wildman–Crippen MR) is 132 cm³/mol. The van der Waals surface area contributed by atoms with Gasteiger partial charge >= 0.3 is 0 Å². The second-order valence-corrected chi connectivity index (χ2v) is 11.8. The van der Waals surface area contributed by atoms with Gasteiger partial charge in [-0.25, -0.2) is 9.71 Å². The molecule has 0 radical (unpaired) electrons. The lowest BCUT2D eigenvalue weighted by Crippen LogP contribution is -2.43. The zero-order chi connectivity index (χ0) is 24.6. The number of hydrogen-bond donors (Lipinski definition) is 2. The van der Waals surface area contributed by atoms with Crippen molar-refractivity contribution >= 4 is 21.7 Å². The average molecular weight is 500 g/mol. The number of nitrogens with one attached hydrogen (secondary N) is 1. The lowest BCUT2D eigenvalue weighted by atomic mass is 9.83. The van der Waals surface area contributed by atoms with E-state index in [9.17, 15) is 18.3 Å². The van der Waals surface area contributed by atoms with E-state index in [1.165, 1.54) is 25.3 Å². The lowest BCUT2D eigenvalue weighted by Gasteiger charge is -2.26. The Morgan fingerprint density at radius 2 is 1.91 bits per heavy atom. The second-order valence-electron chi connectivity index (χ2n) is 10.1. The van der Waals surface area contributed by atoms with Crippen LogP contribution in [0.4, 0.5) is 5.82 Å². The summed E-state index contributed by atoms with van der Waals surface area (Å²) < 4.78 is 34.6. The molecule has 5 rings (SSSR count). The number of carbonyl (C=O) groups is 1. The molecule has 8 nitrogen and oxygen atoms in total. The van der Waals surface area contributed by atoms with Gasteiger partial charge in [0.2, 0.25) is 0 Å². The smallest absolute Gasteiger partial charge is 0.281 e. The summed E-state index contributed by atoms with van der Waals surface area (Å²) in [7, 11) is -4.18. The summed E-state index contributed by atoms with van der Waals surface area (Å²) in [5.41, 5.74) is 0.969. The summed E-state index contributed by atoms with van der Waals surface area (Å²) in [4.78, 5) is 19.3. The molecule has 1 aromatic heterocycles. The van der Waals surface area contributed by atoms with E-state index in [1.807, 2.05) is 17.9 Å². The van der Waals surface area contributed by atoms with Gasteiger partial charge in [0.25, 0.3) is 15.9 Å². The normalized spacial score (nSPS) is 22.1. The van der Waals surface area contributed by atoms with Gasteiger partial charge in [-0.2, -0.15) is 8.42 Å². The van der Waals surface area contributed by atoms with Crippen LogP contribution in [0.1, 0.15) is 68.4 Å². The Balaban J connectivity index is 1.33. The molecule has 3 fully saturated rings. The second kappa shape index (κ2) is 9.43. The van der Waals surface area contributed by atoms with Crippen molar-refractivity contribution in [3.05, 3.63) is 47.5 Å². The van der Waals surface area contributed by atoms with Crippen molar-refractivity contribution in [3.63, 3.8) is 0 Å². The molecule has 2 aliphatic carbocycles. The molecule has 0 bridgehead atoms. The highest BCUT2D eigenvalue weighted by atomic mass is 32.2. The number of aliphatic hydroxyl groups is 1. The Hall–Kier alpha value is -2.65. The maximum atomic E-state index is 13.2. The van der Waals surface area contributed by atoms with Gasteiger partial charge < -0.3 is 14.7 Å². The van der Waals surface area contributed by atoms with Gasteiger partial charge in [0.15, 0.2) is 10.6 Å². The summed E-state index contributed by atoms with van der Waals surface area (Å²) in [5.74, 6) is 0.899. The van der Waals surface area contributed by atoms with E-state index in [0.717, 1.165) is 24.0 Å². The van der Waals surface area contributed by atoms with Gasteiger partial charge in [-0.15, -0.1) is 0 Å². The monoisotopic (exact) mass is 499 g/mol. The van der Waals surface area contributed by atoms with Crippen LogP contribution < -0.4 is 14.4 Å². The molecule has 1 aliphatic heterocycles. The van der Waals surface area contributed by atoms with Gasteiger partial charge in [-0.3, -0.25) is 4.79 Å². The Morgan fingerprint density at radius 3 is 2.60 bits per heavy atom. The summed E-state index contributed by atoms with van der Waals surface area (Å²) >= 11 is 0. The van der Waals surface area contributed by atoms with E-state index in [2.05, 4.69) is 21.8 Å². The Bertz CT molecular complexity index is 1210. The van der Waals surface area contributed by atoms with Crippen LogP contribution >= 0.6 is 0 Å². The third-order valence-electron chi connectivity index (χ3n) is 7.34. The average Bonchev–Trinajstić information content (AvgIpc) is 3.50. The van der Waals surface area contributed by atoms with Crippen LogP contribution in [0.3, 0.4) is 0 Å². The van der Waals surface area contributed by atoms with Gasteiger partial charge in [0.1, 0.15) is 11.6 Å². The Kier molecular flexibility index (Phi) is 6.48. The Morgan fingerprint density at radius 1 is 1.14 bits per heavy atom. The van der Waals surface area contributed by atoms with Gasteiger partial charge in [0.05, 0.1) is 6.10 Å². The fourth-order valence-electron chi connectivity index (χ4n) is 5.13. The molecule has 3 aliphatic rings. The molecule has 1 aromatic carbocycles. The predicted octanol–water partition coefficient (Wildman–Crippen LogP) is 3.43. The SMILES string of the molecule is Cc1ccc(C2CCCCC2)c(OC2(C(=O)NS(=O)(=O)c3cccc(N4CC[C@H](O)C4)n3)CC2)c1. The largest absolute Gasteiger partial charge is 0.477 e. The molecule has 2 N–H and O–H groups in total. The van der Waals surface area contributed by atoms with Crippen LogP contribution in [0.2, 0.25) is 0 Å². The fraction of sp³-hybridized carbons (Fsp3) is 0.538. The van der Waals surface area contributed by atoms with E-state index in [1.54, 1.807) is 12.1 Å². The number of amides is 1. The van der Waals surface area contributed by atoms with Crippen LogP contribution in [0.15, 0.2) is 41.4 Å². The number of pyridine rings is 1. The number of β-amino-alcohol motifs (C(OH)–C–C–N with tert-alkyl or cyclic N) is 1. The number of anilines is 1. The first-order valence-corrected chi connectivity index (χ1v) is 14.0. The summed E-state index contributed by atoms with van der Waals surface area (Å²) in [5, 5.41) is 9.56. The number of aliphatic hydroxyl groups excluding tert-OH is 1. The lowest BCUT2D eigenvalue weighted by molar-refractivity contribution is -0.128. The van der Waals surface area contributed by atoms with Crippen molar-refractivity contribution in [3.8, 4) is 5.75 Å². The minimum Gasteiger partial charge on any atom is -0.477 e. The van der Waals surface area contributed by atoms with Gasteiger partial charge in [-0.05, 0) is 61.4 Å². The number of ether oxygens (including phenoxy) is 1. The van der Waals surface area contributed by atoms with Gasteiger partial charge in [0, 0.05) is 25.9 Å². The molecule has 2 aromatic rings. The van der Waals surface area contributed by atoms with E-state index >= 15 is 0 Å². The van der Waals surface area contributed by atoms with Crippen LogP contribution in [-0.4, -0.2) is 49.2 Å². The van der Waals surface area contributed by atoms with E-state index in [-0.39, 0.29) is 5.03 Å². The number of carbonyl (C=O) groups excluding carboxylic acids is 1. The molecule has 9 heteroatoms. The van der Waals surface area contributed by atoms with E-state index < -0.39 is 27.6 Å². The van der Waals surface area contributed by atoms with Crippen LogP contribution in [0.5, 0.6) is 5.75 Å². The summed E-state index contributed by atoms with van der Waals surface area (Å²) in [6.07, 6.45) is 6.90. The maximum Gasteiger partial charge on any atom is 0.281 e. The van der Waals surface area contributed by atoms with Crippen molar-refractivity contribution < 1.29 is 23.1 Å². The van der Waals surface area contributed by atoms with E-state index in [4.69, 9.17) is 4.74 Å². The number of rotatable bonds is 7. The molecule has 1 amide bonds. The van der Waals surface area contributed by atoms with Crippen molar-refractivity contribution in [2.24, 2.45) is 0 Å². The molecule has 2 saturated carbocycles. The quantitative estimate of drug-likeness (QED) is 0.601. The molecule has 1 atom stereocenters. The zero-order valence-electron chi connectivity index (χ0n) is 20.1. The molecule has 1 saturated heterocycles. The highest BCUT2D eigenvalue weighted by Crippen LogP contribution is 2.45. The number of aryl methyl sites for hydroxylation is 1. The first-order chi connectivity index (χ1) is 16.8. The third-order valence-corrected chi connectivity index (χ3v) is 8.57. The minimum absolute atomic E-state index is 0.223. The van der Waals surface area contributed by atoms with E-state index in [0.29, 0.717) is 49.8 Å². The highest BCUT2D eigenvalue weighted by Gasteiger charge is 2.54. The highest BCUT2D eigenvalue weighted by molar-refractivity contribution is 7.90. The molecular weight excluding hydrogens is 466 g/mol. The molecule has 0 spiro atoms. The molecule has 35 heavy (non-hydrogen) atoms. The summed E-state index contributed by atoms with van der Waals surface area (Å²) in [6.45, 7) is 2.99. The van der Waals surface area contributed by atoms with Crippen molar-refractivity contribution in [2.45, 2.75) is 80.9 Å². The summed E-state index contributed by atoms with van der Waals surface area (Å²) in [6, 6.07) is 10.8. The maximum absolute atomic E-state index is 13.2. The number of nitrogens with zero attached hydrogens (tertiary/aromatic N) is 2. The minimum atomic E-state index is -4.18. The number of sulfonamides is 1. The third kappa shape index (κ3) is 5.16. The van der Waals surface area contributed by atoms with Crippen LogP contribution in [0, 0.1) is 6.92 Å². The number of aromatic nitrogens is 1. The zero-order valence-corrected chi connectivity index (χ0v) is 20.9. The molecule has 2 heterocycles. The fourth-order valence-corrected chi connectivity index (χ4v) is 6.13. The first-order valence-electron chi connectivity index (χ1n) is 12.5. The van der Waals surface area contributed by atoms with Gasteiger partial charge in [-0.1, -0.05) is 37.5 Å². The molecule has 0 unspecified atom stereocenters. The first kappa shape index (κ1) is 24.1. The van der Waals surface area contributed by atoms with Crippen molar-refractivity contribution in [2.75, 3.05) is 18.0 Å². The number of hydrogen-bond acceptors (Lipinski definition) is 7. The van der Waals surface area contributed by atoms with Crippen LogP contribution in [0.25, 0.3) is 0 Å². The van der Waals surface area contributed by atoms with Crippen LogP contribution in [-0.2, 0) is 14.8 Å². The molecular formula is C26H33N3O5S. The van der Waals surface area contributed by atoms with Crippen molar-refractivity contribution in [1.82, 2.24) is 9.71 Å². The Labute approximate surface area is 206 Å².